The molecule has 5 fully saturated rings. The summed E-state index contributed by atoms with van der Waals surface area (Å²) in [5, 5.41) is 6.51. The Kier molecular flexibility index (Phi) is 4.41. The van der Waals surface area contributed by atoms with Gasteiger partial charge in [-0.05, 0) is 69.1 Å². The van der Waals surface area contributed by atoms with Crippen LogP contribution < -0.4 is 15.4 Å². The molecule has 2 unspecified atom stereocenters. The van der Waals surface area contributed by atoms with Crippen LogP contribution in [0.5, 0.6) is 5.75 Å². The maximum absolute atomic E-state index is 13.6. The van der Waals surface area contributed by atoms with Crippen molar-refractivity contribution < 1.29 is 18.7 Å². The summed E-state index contributed by atoms with van der Waals surface area (Å²) in [6, 6.07) is 4.05. The number of nitrogens with zero attached hydrogens (tertiary/aromatic N) is 2. The van der Waals surface area contributed by atoms with E-state index in [4.69, 9.17) is 9.15 Å². The van der Waals surface area contributed by atoms with E-state index in [1.807, 2.05) is 17.9 Å². The predicted octanol–water partition coefficient (Wildman–Crippen LogP) is 2.97. The molecule has 3 saturated heterocycles. The minimum atomic E-state index is -0.682. The monoisotopic (exact) mass is 462 g/mol. The fraction of sp³-hybridized carbons (Fsp3) is 0.577. The molecule has 8 heteroatoms. The maximum Gasteiger partial charge on any atom is 0.255 e. The molecule has 2 atom stereocenters. The van der Waals surface area contributed by atoms with Crippen LogP contribution in [0.2, 0.25) is 0 Å². The van der Waals surface area contributed by atoms with Crippen LogP contribution in [0, 0.1) is 12.8 Å². The molecule has 2 saturated carbocycles. The van der Waals surface area contributed by atoms with Crippen LogP contribution in [-0.4, -0.2) is 46.4 Å². The highest BCUT2D eigenvalue weighted by atomic mass is 16.5. The van der Waals surface area contributed by atoms with E-state index in [-0.39, 0.29) is 29.9 Å². The molecule has 34 heavy (non-hydrogen) atoms. The van der Waals surface area contributed by atoms with E-state index in [1.54, 1.807) is 6.20 Å². The average Bonchev–Trinajstić information content (AvgIpc) is 3.50. The van der Waals surface area contributed by atoms with Crippen molar-refractivity contribution in [3.63, 3.8) is 0 Å². The van der Waals surface area contributed by atoms with E-state index in [0.717, 1.165) is 67.3 Å². The van der Waals surface area contributed by atoms with E-state index >= 15 is 0 Å². The third-order valence-electron chi connectivity index (χ3n) is 8.63. The zero-order valence-electron chi connectivity index (χ0n) is 19.4. The minimum absolute atomic E-state index is 0.00111. The largest absolute Gasteiger partial charge is 0.490 e. The number of aromatic nitrogens is 1. The van der Waals surface area contributed by atoms with Gasteiger partial charge < -0.3 is 24.7 Å². The van der Waals surface area contributed by atoms with Gasteiger partial charge in [0.25, 0.3) is 5.91 Å². The summed E-state index contributed by atoms with van der Waals surface area (Å²) in [6.45, 7) is 3.88. The maximum atomic E-state index is 13.6. The van der Waals surface area contributed by atoms with Crippen molar-refractivity contribution in [1.82, 2.24) is 20.5 Å². The fourth-order valence-corrected chi connectivity index (χ4v) is 6.66. The van der Waals surface area contributed by atoms with Crippen molar-refractivity contribution in [3.8, 4) is 5.75 Å². The summed E-state index contributed by atoms with van der Waals surface area (Å²) in [7, 11) is 0. The summed E-state index contributed by atoms with van der Waals surface area (Å²) < 4.78 is 12.4. The van der Waals surface area contributed by atoms with Crippen LogP contribution in [0.15, 0.2) is 22.7 Å². The zero-order valence-corrected chi connectivity index (χ0v) is 19.4. The number of hydrogen-bond acceptors (Lipinski definition) is 6. The lowest BCUT2D eigenvalue weighted by Gasteiger charge is -2.55. The lowest BCUT2D eigenvalue weighted by atomic mass is 9.64. The van der Waals surface area contributed by atoms with Gasteiger partial charge in [-0.1, -0.05) is 0 Å². The lowest BCUT2D eigenvalue weighted by Crippen LogP contribution is -2.71. The smallest absolute Gasteiger partial charge is 0.255 e. The second-order valence-electron chi connectivity index (χ2n) is 10.8. The molecule has 5 heterocycles. The summed E-state index contributed by atoms with van der Waals surface area (Å²) in [5.41, 5.74) is 1.96. The number of benzene rings is 1. The first-order valence-corrected chi connectivity index (χ1v) is 12.6. The lowest BCUT2D eigenvalue weighted by molar-refractivity contribution is -0.148. The fourth-order valence-electron chi connectivity index (χ4n) is 6.66. The van der Waals surface area contributed by atoms with Gasteiger partial charge in [-0.3, -0.25) is 9.59 Å². The van der Waals surface area contributed by atoms with Gasteiger partial charge in [0, 0.05) is 36.8 Å². The van der Waals surface area contributed by atoms with Gasteiger partial charge in [0.15, 0.2) is 0 Å². The summed E-state index contributed by atoms with van der Waals surface area (Å²) in [5.74, 6) is 2.91. The number of aryl methyl sites for hydroxylation is 1. The quantitative estimate of drug-likeness (QED) is 0.709. The van der Waals surface area contributed by atoms with Crippen molar-refractivity contribution in [2.75, 3.05) is 13.1 Å². The van der Waals surface area contributed by atoms with Gasteiger partial charge in [0.1, 0.15) is 17.0 Å². The third kappa shape index (κ3) is 2.90. The number of rotatable bonds is 5. The Balaban J connectivity index is 1.25. The third-order valence-corrected chi connectivity index (χ3v) is 8.63. The molecule has 2 aliphatic carbocycles. The van der Waals surface area contributed by atoms with Gasteiger partial charge in [-0.25, -0.2) is 4.98 Å². The molecule has 1 aromatic carbocycles. The molecule has 8 nitrogen and oxygen atoms in total. The molecule has 2 N–H and O–H groups in total. The predicted molar refractivity (Wildman–Crippen MR) is 122 cm³/mol. The van der Waals surface area contributed by atoms with Gasteiger partial charge in [0.2, 0.25) is 11.8 Å². The van der Waals surface area contributed by atoms with E-state index < -0.39 is 5.54 Å². The first-order chi connectivity index (χ1) is 16.5. The average molecular weight is 463 g/mol. The van der Waals surface area contributed by atoms with Crippen molar-refractivity contribution in [1.29, 1.82) is 0 Å². The number of nitrogens with one attached hydrogen (secondary N) is 2. The van der Waals surface area contributed by atoms with Gasteiger partial charge in [-0.15, -0.1) is 0 Å². The second-order valence-corrected chi connectivity index (χ2v) is 10.8. The normalized spacial score (nSPS) is 32.3. The Hall–Kier alpha value is -2.87. The topological polar surface area (TPSA) is 96.7 Å². The molecule has 6 aliphatic rings. The van der Waals surface area contributed by atoms with E-state index in [0.29, 0.717) is 18.0 Å². The number of amides is 2. The molecule has 2 aromatic rings. The number of fused-ring (bicyclic) bond motifs is 3. The SMILES string of the molecule is Cc1cnc(C2CNC2c2cc3c(cc2OC2CCCC2)CN(C24CC(CNC2=O)C4)C3=O)o1. The molecule has 8 rings (SSSR count). The Bertz CT molecular complexity index is 1180. The van der Waals surface area contributed by atoms with Crippen molar-refractivity contribution in [2.45, 2.75) is 75.6 Å². The van der Waals surface area contributed by atoms with E-state index in [2.05, 4.69) is 21.7 Å². The highest BCUT2D eigenvalue weighted by Crippen LogP contribution is 2.50. The molecule has 0 spiro atoms. The van der Waals surface area contributed by atoms with Crippen LogP contribution in [0.3, 0.4) is 0 Å². The Morgan fingerprint density at radius 1 is 1.18 bits per heavy atom. The van der Waals surface area contributed by atoms with Crippen molar-refractivity contribution in [3.05, 3.63) is 46.7 Å². The van der Waals surface area contributed by atoms with Crippen LogP contribution >= 0.6 is 0 Å². The summed E-state index contributed by atoms with van der Waals surface area (Å²) in [4.78, 5) is 32.7. The van der Waals surface area contributed by atoms with Crippen LogP contribution in [-0.2, 0) is 11.3 Å². The molecule has 2 amide bonds. The number of piperidine rings is 2. The number of hydrogen-bond donors (Lipinski definition) is 2. The molecular weight excluding hydrogens is 432 g/mol. The van der Waals surface area contributed by atoms with Crippen LogP contribution in [0.1, 0.15) is 83.6 Å². The minimum Gasteiger partial charge on any atom is -0.490 e. The standard InChI is InChI=1S/C26H30N4O4/c1-14-10-28-23(33-14)20-12-27-22(20)19-7-18-16(6-21(19)34-17-4-2-3-5-17)13-30(24(18)31)26-8-15(9-26)11-29-25(26)32/h6-7,10,15,17,20,22,27H,2-5,8-9,11-13H2,1H3,(H,29,32). The number of carbonyl (C=O) groups excluding carboxylic acids is 2. The molecule has 4 aliphatic heterocycles. The molecule has 178 valence electrons. The van der Waals surface area contributed by atoms with E-state index in [1.165, 1.54) is 12.8 Å². The molecule has 1 aromatic heterocycles. The molecular formula is C26H30N4O4. The summed E-state index contributed by atoms with van der Waals surface area (Å²) >= 11 is 0. The Morgan fingerprint density at radius 2 is 2.00 bits per heavy atom. The van der Waals surface area contributed by atoms with Gasteiger partial charge in [0.05, 0.1) is 18.2 Å². The van der Waals surface area contributed by atoms with E-state index in [9.17, 15) is 9.59 Å². The van der Waals surface area contributed by atoms with Crippen molar-refractivity contribution >= 4 is 11.8 Å². The number of oxazole rings is 1. The number of carbonyl (C=O) groups is 2. The van der Waals surface area contributed by atoms with Gasteiger partial charge in [-0.2, -0.15) is 0 Å². The van der Waals surface area contributed by atoms with Gasteiger partial charge >= 0.3 is 0 Å². The second kappa shape index (κ2) is 7.31. The highest BCUT2D eigenvalue weighted by Gasteiger charge is 2.60. The van der Waals surface area contributed by atoms with Crippen LogP contribution in [0.4, 0.5) is 0 Å². The Labute approximate surface area is 198 Å². The Morgan fingerprint density at radius 3 is 2.68 bits per heavy atom. The van der Waals surface area contributed by atoms with Crippen LogP contribution in [0.25, 0.3) is 0 Å². The first-order valence-electron chi connectivity index (χ1n) is 12.6. The highest BCUT2D eigenvalue weighted by molar-refractivity contribution is 6.03. The number of ether oxygens (including phenoxy) is 1. The summed E-state index contributed by atoms with van der Waals surface area (Å²) in [6.07, 6.45) is 8.01. The zero-order chi connectivity index (χ0) is 23.0. The first kappa shape index (κ1) is 20.5. The molecule has 0 radical (unpaired) electrons. The van der Waals surface area contributed by atoms with Crippen molar-refractivity contribution in [2.24, 2.45) is 5.92 Å². The molecule has 2 bridgehead atoms.